The fourth-order valence-electron chi connectivity index (χ4n) is 1.42. The van der Waals surface area contributed by atoms with Gasteiger partial charge in [0.05, 0.1) is 6.10 Å². The van der Waals surface area contributed by atoms with E-state index >= 15 is 0 Å². The second-order valence-electron chi connectivity index (χ2n) is 6.00. The highest BCUT2D eigenvalue weighted by Crippen LogP contribution is 2.08. The molecule has 0 bridgehead atoms. The lowest BCUT2D eigenvalue weighted by molar-refractivity contribution is -0.141. The predicted octanol–water partition coefficient (Wildman–Crippen LogP) is 2.25. The number of carboxylic acid groups (broad SMARTS) is 1. The Bertz CT molecular complexity index is 422. The fourth-order valence-corrected chi connectivity index (χ4v) is 1.42. The lowest BCUT2D eigenvalue weighted by Crippen LogP contribution is -2.43. The molecule has 1 unspecified atom stereocenters. The Labute approximate surface area is 130 Å². The van der Waals surface area contributed by atoms with Gasteiger partial charge in [0.1, 0.15) is 11.6 Å². The molecule has 0 saturated heterocycles. The normalized spacial score (nSPS) is 13.0. The van der Waals surface area contributed by atoms with Crippen molar-refractivity contribution in [2.45, 2.75) is 65.2 Å². The number of nitrogens with one attached hydrogen (secondary N) is 1. The number of amides is 1. The molecule has 0 aliphatic rings. The van der Waals surface area contributed by atoms with Crippen LogP contribution in [-0.2, 0) is 19.1 Å². The van der Waals surface area contributed by atoms with Crippen LogP contribution in [0.1, 0.15) is 47.5 Å². The van der Waals surface area contributed by atoms with Crippen LogP contribution in [0.2, 0.25) is 0 Å². The summed E-state index contributed by atoms with van der Waals surface area (Å²) in [5.74, 6) is -1.65. The van der Waals surface area contributed by atoms with E-state index in [9.17, 15) is 14.4 Å². The molecule has 0 aromatic rings. The molecule has 0 spiro atoms. The predicted molar refractivity (Wildman–Crippen MR) is 80.4 cm³/mol. The lowest BCUT2D eigenvalue weighted by atomic mass is 10.1. The van der Waals surface area contributed by atoms with Crippen LogP contribution in [0.4, 0.5) is 4.79 Å². The van der Waals surface area contributed by atoms with E-state index in [-0.39, 0.29) is 12.5 Å². The Balaban J connectivity index is 4.32. The number of ether oxygens (including phenoxy) is 2. The highest BCUT2D eigenvalue weighted by atomic mass is 16.6. The van der Waals surface area contributed by atoms with Crippen LogP contribution < -0.4 is 5.32 Å². The largest absolute Gasteiger partial charge is 0.480 e. The van der Waals surface area contributed by atoms with Gasteiger partial charge in [0.2, 0.25) is 0 Å². The second kappa shape index (κ2) is 9.07. The van der Waals surface area contributed by atoms with Crippen LogP contribution in [0, 0.1) is 0 Å². The van der Waals surface area contributed by atoms with Crippen molar-refractivity contribution >= 4 is 18.0 Å². The summed E-state index contributed by atoms with van der Waals surface area (Å²) in [6.07, 6.45) is 2.20. The molecule has 126 valence electrons. The van der Waals surface area contributed by atoms with Crippen LogP contribution in [0.15, 0.2) is 12.2 Å². The van der Waals surface area contributed by atoms with E-state index in [1.165, 1.54) is 12.2 Å². The van der Waals surface area contributed by atoms with Crippen molar-refractivity contribution in [1.29, 1.82) is 0 Å². The number of rotatable bonds is 7. The smallest absolute Gasteiger partial charge is 0.408 e. The SMILES string of the molecule is CC(C)OC(=O)C=CCCC(NC(=O)OC(C)(C)C)C(=O)O. The van der Waals surface area contributed by atoms with Crippen molar-refractivity contribution < 1.29 is 29.0 Å². The molecule has 22 heavy (non-hydrogen) atoms. The van der Waals surface area contributed by atoms with E-state index < -0.39 is 29.7 Å². The molecule has 0 rings (SSSR count). The first kappa shape index (κ1) is 19.9. The zero-order valence-corrected chi connectivity index (χ0v) is 13.7. The van der Waals surface area contributed by atoms with E-state index in [1.54, 1.807) is 34.6 Å². The van der Waals surface area contributed by atoms with Gasteiger partial charge in [0.25, 0.3) is 0 Å². The maximum absolute atomic E-state index is 11.5. The van der Waals surface area contributed by atoms with E-state index in [0.717, 1.165) is 0 Å². The molecule has 0 aromatic heterocycles. The van der Waals surface area contributed by atoms with Crippen molar-refractivity contribution in [2.75, 3.05) is 0 Å². The summed E-state index contributed by atoms with van der Waals surface area (Å²) in [5.41, 5.74) is -0.701. The first-order valence-corrected chi connectivity index (χ1v) is 7.10. The molecule has 0 fully saturated rings. The van der Waals surface area contributed by atoms with Gasteiger partial charge < -0.3 is 19.9 Å². The zero-order valence-electron chi connectivity index (χ0n) is 13.7. The van der Waals surface area contributed by atoms with E-state index in [0.29, 0.717) is 6.42 Å². The molecule has 0 heterocycles. The van der Waals surface area contributed by atoms with Crippen LogP contribution in [0.3, 0.4) is 0 Å². The first-order chi connectivity index (χ1) is 10.0. The molecule has 0 radical (unpaired) electrons. The number of carbonyl (C=O) groups is 3. The van der Waals surface area contributed by atoms with Gasteiger partial charge in [-0.1, -0.05) is 6.08 Å². The molecule has 7 heteroatoms. The van der Waals surface area contributed by atoms with Crippen molar-refractivity contribution in [3.63, 3.8) is 0 Å². The Morgan fingerprint density at radius 2 is 1.82 bits per heavy atom. The maximum Gasteiger partial charge on any atom is 0.408 e. The molecule has 7 nitrogen and oxygen atoms in total. The summed E-state index contributed by atoms with van der Waals surface area (Å²) in [6.45, 7) is 8.52. The molecule has 1 amide bonds. The highest BCUT2D eigenvalue weighted by Gasteiger charge is 2.23. The monoisotopic (exact) mass is 315 g/mol. The summed E-state index contributed by atoms with van der Waals surface area (Å²) < 4.78 is 9.89. The number of carbonyl (C=O) groups excluding carboxylic acids is 2. The topological polar surface area (TPSA) is 102 Å². The third-order valence-corrected chi connectivity index (χ3v) is 2.22. The lowest BCUT2D eigenvalue weighted by Gasteiger charge is -2.21. The van der Waals surface area contributed by atoms with E-state index in [2.05, 4.69) is 5.32 Å². The van der Waals surface area contributed by atoms with Crippen LogP contribution in [-0.4, -0.2) is 40.9 Å². The summed E-state index contributed by atoms with van der Waals surface area (Å²) in [4.78, 5) is 33.9. The summed E-state index contributed by atoms with van der Waals surface area (Å²) in [6, 6.07) is -1.08. The van der Waals surface area contributed by atoms with Gasteiger partial charge >= 0.3 is 18.0 Å². The van der Waals surface area contributed by atoms with Crippen molar-refractivity contribution in [1.82, 2.24) is 5.32 Å². The van der Waals surface area contributed by atoms with Crippen molar-refractivity contribution in [2.24, 2.45) is 0 Å². The van der Waals surface area contributed by atoms with Gasteiger partial charge in [-0.25, -0.2) is 14.4 Å². The third kappa shape index (κ3) is 10.7. The first-order valence-electron chi connectivity index (χ1n) is 7.10. The number of carboxylic acids is 1. The van der Waals surface area contributed by atoms with Crippen LogP contribution >= 0.6 is 0 Å². The summed E-state index contributed by atoms with van der Waals surface area (Å²) in [7, 11) is 0. The highest BCUT2D eigenvalue weighted by molar-refractivity contribution is 5.82. The minimum Gasteiger partial charge on any atom is -0.480 e. The van der Waals surface area contributed by atoms with Crippen LogP contribution in [0.5, 0.6) is 0 Å². The van der Waals surface area contributed by atoms with E-state index in [1.807, 2.05) is 0 Å². The number of allylic oxidation sites excluding steroid dienone is 1. The molecule has 0 saturated carbocycles. The van der Waals surface area contributed by atoms with Gasteiger partial charge in [-0.05, 0) is 47.5 Å². The third-order valence-electron chi connectivity index (χ3n) is 2.22. The van der Waals surface area contributed by atoms with Gasteiger partial charge in [-0.2, -0.15) is 0 Å². The molecule has 1 atom stereocenters. The van der Waals surface area contributed by atoms with Crippen molar-refractivity contribution in [3.05, 3.63) is 12.2 Å². The Morgan fingerprint density at radius 3 is 2.27 bits per heavy atom. The molecular formula is C15H25NO6. The number of hydrogen-bond donors (Lipinski definition) is 2. The van der Waals surface area contributed by atoms with Crippen molar-refractivity contribution in [3.8, 4) is 0 Å². The summed E-state index contributed by atoms with van der Waals surface area (Å²) >= 11 is 0. The number of aliphatic carboxylic acids is 1. The standard InChI is InChI=1S/C15H25NO6/c1-10(2)21-12(17)9-7-6-8-11(13(18)19)16-14(20)22-15(3,4)5/h7,9-11H,6,8H2,1-5H3,(H,16,20)(H,18,19). The molecule has 0 aromatic carbocycles. The van der Waals surface area contributed by atoms with E-state index in [4.69, 9.17) is 14.6 Å². The number of esters is 1. The average Bonchev–Trinajstić information content (AvgIpc) is 2.29. The quantitative estimate of drug-likeness (QED) is 0.552. The Hall–Kier alpha value is -2.05. The van der Waals surface area contributed by atoms with Crippen LogP contribution in [0.25, 0.3) is 0 Å². The zero-order chi connectivity index (χ0) is 17.3. The number of alkyl carbamates (subject to hydrolysis) is 1. The number of hydrogen-bond acceptors (Lipinski definition) is 5. The molecule has 0 aliphatic carbocycles. The minimum absolute atomic E-state index is 0.139. The molecule has 0 aliphatic heterocycles. The van der Waals surface area contributed by atoms with Gasteiger partial charge in [0.15, 0.2) is 0 Å². The Kier molecular flexibility index (Phi) is 8.22. The molecular weight excluding hydrogens is 290 g/mol. The van der Waals surface area contributed by atoms with Gasteiger partial charge in [0, 0.05) is 6.08 Å². The minimum atomic E-state index is -1.16. The fraction of sp³-hybridized carbons (Fsp3) is 0.667. The molecule has 2 N–H and O–H groups in total. The van der Waals surface area contributed by atoms with Gasteiger partial charge in [-0.15, -0.1) is 0 Å². The summed E-state index contributed by atoms with van der Waals surface area (Å²) in [5, 5.41) is 11.3. The van der Waals surface area contributed by atoms with Gasteiger partial charge in [-0.3, -0.25) is 0 Å². The Morgan fingerprint density at radius 1 is 1.23 bits per heavy atom. The average molecular weight is 315 g/mol. The second-order valence-corrected chi connectivity index (χ2v) is 6.00. The maximum atomic E-state index is 11.5.